The van der Waals surface area contributed by atoms with Crippen molar-refractivity contribution in [3.05, 3.63) is 50.8 Å². The zero-order valence-electron chi connectivity index (χ0n) is 9.28. The van der Waals surface area contributed by atoms with Gasteiger partial charge in [0.05, 0.1) is 28.4 Å². The molecule has 18 heavy (non-hydrogen) atoms. The van der Waals surface area contributed by atoms with E-state index in [9.17, 15) is 10.1 Å². The molecule has 0 saturated heterocycles. The third-order valence-corrected chi connectivity index (χ3v) is 2.73. The van der Waals surface area contributed by atoms with Gasteiger partial charge in [-0.25, -0.2) is 4.68 Å². The SMILES string of the molecule is NCc1cn(Cc2ccc([N+](=O)[O-])cc2Cl)nn1. The molecule has 0 radical (unpaired) electrons. The molecule has 0 aliphatic heterocycles. The molecule has 94 valence electrons. The van der Waals surface area contributed by atoms with Crippen molar-refractivity contribution in [3.63, 3.8) is 0 Å². The minimum absolute atomic E-state index is 0.0370. The zero-order chi connectivity index (χ0) is 13.1. The number of nitro benzene ring substituents is 1. The monoisotopic (exact) mass is 267 g/mol. The highest BCUT2D eigenvalue weighted by atomic mass is 35.5. The lowest BCUT2D eigenvalue weighted by molar-refractivity contribution is -0.384. The van der Waals surface area contributed by atoms with Crippen molar-refractivity contribution in [2.24, 2.45) is 5.73 Å². The van der Waals surface area contributed by atoms with Crippen LogP contribution in [0.4, 0.5) is 5.69 Å². The van der Waals surface area contributed by atoms with Crippen molar-refractivity contribution in [1.29, 1.82) is 0 Å². The quantitative estimate of drug-likeness (QED) is 0.666. The number of benzene rings is 1. The minimum atomic E-state index is -0.488. The van der Waals surface area contributed by atoms with Gasteiger partial charge >= 0.3 is 0 Å². The summed E-state index contributed by atoms with van der Waals surface area (Å²) >= 11 is 5.97. The molecule has 0 amide bonds. The molecule has 0 unspecified atom stereocenters. The van der Waals surface area contributed by atoms with Crippen LogP contribution in [0.2, 0.25) is 5.02 Å². The van der Waals surface area contributed by atoms with Crippen molar-refractivity contribution >= 4 is 17.3 Å². The van der Waals surface area contributed by atoms with Gasteiger partial charge in [-0.05, 0) is 11.6 Å². The standard InChI is InChI=1S/C10H10ClN5O2/c11-10-3-9(16(17)18)2-1-7(10)5-15-6-8(4-12)13-14-15/h1-3,6H,4-5,12H2. The van der Waals surface area contributed by atoms with Gasteiger partial charge in [0.1, 0.15) is 0 Å². The lowest BCUT2D eigenvalue weighted by atomic mass is 10.2. The van der Waals surface area contributed by atoms with E-state index in [1.807, 2.05) is 0 Å². The smallest absolute Gasteiger partial charge is 0.270 e. The fraction of sp³-hybridized carbons (Fsp3) is 0.200. The summed E-state index contributed by atoms with van der Waals surface area (Å²) in [6, 6.07) is 4.32. The molecule has 0 fully saturated rings. The van der Waals surface area contributed by atoms with E-state index in [0.29, 0.717) is 23.8 Å². The van der Waals surface area contributed by atoms with Gasteiger partial charge in [-0.1, -0.05) is 16.8 Å². The maximum absolute atomic E-state index is 10.6. The first-order valence-electron chi connectivity index (χ1n) is 5.12. The predicted molar refractivity (Wildman–Crippen MR) is 65.1 cm³/mol. The Morgan fingerprint density at radius 2 is 2.28 bits per heavy atom. The number of nitro groups is 1. The molecule has 0 aliphatic rings. The summed E-state index contributed by atoms with van der Waals surface area (Å²) in [5.41, 5.74) is 6.79. The van der Waals surface area contributed by atoms with Crippen LogP contribution in [0.1, 0.15) is 11.3 Å². The molecular formula is C10H10ClN5O2. The largest absolute Gasteiger partial charge is 0.325 e. The molecule has 1 aromatic heterocycles. The van der Waals surface area contributed by atoms with Crippen LogP contribution in [-0.4, -0.2) is 19.9 Å². The molecule has 0 bridgehead atoms. The molecule has 2 N–H and O–H groups in total. The first-order valence-corrected chi connectivity index (χ1v) is 5.50. The lowest BCUT2D eigenvalue weighted by Crippen LogP contribution is -2.01. The topological polar surface area (TPSA) is 99.9 Å². The van der Waals surface area contributed by atoms with E-state index in [4.69, 9.17) is 17.3 Å². The Hall–Kier alpha value is -1.99. The predicted octanol–water partition coefficient (Wildman–Crippen LogP) is 1.35. The maximum Gasteiger partial charge on any atom is 0.270 e. The van der Waals surface area contributed by atoms with Crippen LogP contribution >= 0.6 is 11.6 Å². The van der Waals surface area contributed by atoms with Crippen LogP contribution in [0.3, 0.4) is 0 Å². The minimum Gasteiger partial charge on any atom is -0.325 e. The number of hydrogen-bond donors (Lipinski definition) is 1. The number of nitrogens with zero attached hydrogens (tertiary/aromatic N) is 4. The van der Waals surface area contributed by atoms with Gasteiger partial charge in [-0.2, -0.15) is 0 Å². The van der Waals surface area contributed by atoms with Gasteiger partial charge in [0, 0.05) is 18.7 Å². The Morgan fingerprint density at radius 3 is 2.83 bits per heavy atom. The Balaban J connectivity index is 2.21. The van der Waals surface area contributed by atoms with E-state index < -0.39 is 4.92 Å². The van der Waals surface area contributed by atoms with Crippen molar-refractivity contribution in [2.45, 2.75) is 13.1 Å². The second kappa shape index (κ2) is 5.11. The first kappa shape index (κ1) is 12.5. The highest BCUT2D eigenvalue weighted by molar-refractivity contribution is 6.31. The highest BCUT2D eigenvalue weighted by Gasteiger charge is 2.10. The summed E-state index contributed by atoms with van der Waals surface area (Å²) in [7, 11) is 0. The number of aromatic nitrogens is 3. The van der Waals surface area contributed by atoms with Gasteiger partial charge < -0.3 is 5.73 Å². The van der Waals surface area contributed by atoms with Crippen molar-refractivity contribution in [1.82, 2.24) is 15.0 Å². The third-order valence-electron chi connectivity index (χ3n) is 2.38. The normalized spacial score (nSPS) is 10.6. The summed E-state index contributed by atoms with van der Waals surface area (Å²) < 4.78 is 1.58. The molecule has 1 aromatic carbocycles. The summed E-state index contributed by atoms with van der Waals surface area (Å²) in [5, 5.41) is 18.6. The van der Waals surface area contributed by atoms with Crippen LogP contribution < -0.4 is 5.73 Å². The number of non-ortho nitro benzene ring substituents is 1. The van der Waals surface area contributed by atoms with E-state index >= 15 is 0 Å². The number of rotatable bonds is 4. The second-order valence-corrected chi connectivity index (χ2v) is 4.05. The average Bonchev–Trinajstić information content (AvgIpc) is 2.79. The Labute approximate surface area is 107 Å². The lowest BCUT2D eigenvalue weighted by Gasteiger charge is -2.03. The molecule has 8 heteroatoms. The summed E-state index contributed by atoms with van der Waals surface area (Å²) in [5.74, 6) is 0. The fourth-order valence-corrected chi connectivity index (χ4v) is 1.70. The van der Waals surface area contributed by atoms with E-state index in [0.717, 1.165) is 5.56 Å². The van der Waals surface area contributed by atoms with E-state index in [1.165, 1.54) is 12.1 Å². The maximum atomic E-state index is 10.6. The third kappa shape index (κ3) is 2.63. The van der Waals surface area contributed by atoms with Crippen LogP contribution in [0, 0.1) is 10.1 Å². The molecule has 1 heterocycles. The van der Waals surface area contributed by atoms with E-state index in [1.54, 1.807) is 16.9 Å². The Bertz CT molecular complexity index is 583. The average molecular weight is 268 g/mol. The molecule has 2 aromatic rings. The van der Waals surface area contributed by atoms with Crippen molar-refractivity contribution < 1.29 is 4.92 Å². The zero-order valence-corrected chi connectivity index (χ0v) is 10.0. The summed E-state index contributed by atoms with van der Waals surface area (Å²) in [4.78, 5) is 10.1. The molecule has 0 saturated carbocycles. The van der Waals surface area contributed by atoms with Gasteiger partial charge in [-0.15, -0.1) is 5.10 Å². The number of nitrogens with two attached hydrogens (primary N) is 1. The van der Waals surface area contributed by atoms with Crippen molar-refractivity contribution in [3.8, 4) is 0 Å². The Kier molecular flexibility index (Phi) is 3.54. The van der Waals surface area contributed by atoms with Crippen LogP contribution in [0.15, 0.2) is 24.4 Å². The van der Waals surface area contributed by atoms with Gasteiger partial charge in [-0.3, -0.25) is 10.1 Å². The molecule has 0 atom stereocenters. The van der Waals surface area contributed by atoms with E-state index in [-0.39, 0.29) is 5.69 Å². The van der Waals surface area contributed by atoms with Crippen LogP contribution in [0.25, 0.3) is 0 Å². The summed E-state index contributed by atoms with van der Waals surface area (Å²) in [6.07, 6.45) is 1.71. The van der Waals surface area contributed by atoms with Crippen molar-refractivity contribution in [2.75, 3.05) is 0 Å². The number of hydrogen-bond acceptors (Lipinski definition) is 5. The first-order chi connectivity index (χ1) is 8.60. The highest BCUT2D eigenvalue weighted by Crippen LogP contribution is 2.22. The summed E-state index contributed by atoms with van der Waals surface area (Å²) in [6.45, 7) is 0.706. The van der Waals surface area contributed by atoms with Gasteiger partial charge in [0.25, 0.3) is 5.69 Å². The van der Waals surface area contributed by atoms with Gasteiger partial charge in [0.2, 0.25) is 0 Å². The molecule has 7 nitrogen and oxygen atoms in total. The fourth-order valence-electron chi connectivity index (χ4n) is 1.46. The molecule has 0 aliphatic carbocycles. The molecule has 2 rings (SSSR count). The van der Waals surface area contributed by atoms with E-state index in [2.05, 4.69) is 10.3 Å². The van der Waals surface area contributed by atoms with Crippen LogP contribution in [0.5, 0.6) is 0 Å². The van der Waals surface area contributed by atoms with Gasteiger partial charge in [0.15, 0.2) is 0 Å². The second-order valence-electron chi connectivity index (χ2n) is 3.64. The van der Waals surface area contributed by atoms with Crippen LogP contribution in [-0.2, 0) is 13.1 Å². The number of halogens is 1. The molecule has 0 spiro atoms. The molecular weight excluding hydrogens is 258 g/mol. The Morgan fingerprint density at radius 1 is 1.50 bits per heavy atom.